The molecule has 0 saturated carbocycles. The first-order valence-corrected chi connectivity index (χ1v) is 8.79. The average Bonchev–Trinajstić information content (AvgIpc) is 2.71. The number of halogens is 2. The van der Waals surface area contributed by atoms with Crippen molar-refractivity contribution >= 4 is 27.7 Å². The first kappa shape index (κ1) is 17.7. The van der Waals surface area contributed by atoms with E-state index in [1.165, 1.54) is 5.69 Å². The van der Waals surface area contributed by atoms with E-state index in [-0.39, 0.29) is 0 Å². The number of hydrogen-bond acceptors (Lipinski definition) is 6. The lowest BCUT2D eigenvalue weighted by atomic mass is 10.1. The lowest BCUT2D eigenvalue weighted by Crippen LogP contribution is -2.68. The van der Waals surface area contributed by atoms with Gasteiger partial charge in [-0.15, -0.1) is 10.2 Å². The lowest BCUT2D eigenvalue weighted by molar-refractivity contribution is -2.00. The molecule has 1 atom stereocenters. The van der Waals surface area contributed by atoms with Gasteiger partial charge in [-0.3, -0.25) is 0 Å². The minimum absolute atomic E-state index is 0.484. The minimum Gasteiger partial charge on any atom is -0.222 e. The van der Waals surface area contributed by atoms with Gasteiger partial charge in [0.1, 0.15) is 11.6 Å². The Balaban J connectivity index is 0.000000347. The molecule has 6 nitrogen and oxygen atoms in total. The number of rotatable bonds is 1. The molecule has 0 radical (unpaired) electrons. The summed E-state index contributed by atoms with van der Waals surface area (Å²) in [5, 5.41) is 11.2. The van der Waals surface area contributed by atoms with E-state index in [9.17, 15) is 0 Å². The Kier molecular flexibility index (Phi) is 6.22. The van der Waals surface area contributed by atoms with E-state index in [0.717, 1.165) is 27.2 Å². The summed E-state index contributed by atoms with van der Waals surface area (Å²) in [7, 11) is -4.94. The van der Waals surface area contributed by atoms with Crippen LogP contribution in [-0.4, -0.2) is 11.1 Å². The van der Waals surface area contributed by atoms with Gasteiger partial charge in [0, 0.05) is 13.0 Å². The number of nitriles is 1. The summed E-state index contributed by atoms with van der Waals surface area (Å²) >= 11 is 5.32. The Labute approximate surface area is 131 Å². The Morgan fingerprint density at radius 3 is 2.45 bits per heavy atom. The number of aromatic nitrogens is 1. The third-order valence-corrected chi connectivity index (χ3v) is 4.67. The zero-order valence-corrected chi connectivity index (χ0v) is 13.9. The normalized spacial score (nSPS) is 17.0. The number of alkyl halides is 1. The maximum atomic E-state index is 9.14. The van der Waals surface area contributed by atoms with E-state index >= 15 is 0 Å². The van der Waals surface area contributed by atoms with E-state index in [1.807, 2.05) is 6.92 Å². The third kappa shape index (κ3) is 4.56. The molecule has 0 N–H and O–H groups in total. The van der Waals surface area contributed by atoms with Crippen LogP contribution in [0.15, 0.2) is 11.1 Å². The third-order valence-electron chi connectivity index (χ3n) is 2.70. The molecule has 1 aliphatic rings. The largest absolute Gasteiger partial charge is 0.259 e. The topological polar surface area (TPSA) is 120 Å². The predicted octanol–water partition coefficient (Wildman–Crippen LogP) is -2.25. The van der Waals surface area contributed by atoms with E-state index in [0.29, 0.717) is 6.04 Å². The molecule has 1 unspecified atom stereocenters. The second kappa shape index (κ2) is 7.04. The molecule has 1 aromatic rings. The van der Waals surface area contributed by atoms with Crippen molar-refractivity contribution in [1.29, 1.82) is 5.26 Å². The van der Waals surface area contributed by atoms with Gasteiger partial charge in [0.25, 0.3) is 5.03 Å². The first-order chi connectivity index (χ1) is 9.19. The van der Waals surface area contributed by atoms with Crippen LogP contribution in [0.25, 0.3) is 0 Å². The van der Waals surface area contributed by atoms with Crippen molar-refractivity contribution in [3.8, 4) is 6.07 Å². The molecule has 9 heteroatoms. The fourth-order valence-corrected chi connectivity index (χ4v) is 4.22. The summed E-state index contributed by atoms with van der Waals surface area (Å²) in [5.41, 5.74) is 3.17. The van der Waals surface area contributed by atoms with Crippen LogP contribution >= 0.6 is 27.7 Å². The van der Waals surface area contributed by atoms with Crippen molar-refractivity contribution < 1.29 is 33.4 Å². The summed E-state index contributed by atoms with van der Waals surface area (Å²) in [6.45, 7) is 4.12. The van der Waals surface area contributed by atoms with Gasteiger partial charge >= 0.3 is 0 Å². The summed E-state index contributed by atoms with van der Waals surface area (Å²) < 4.78 is 36.3. The van der Waals surface area contributed by atoms with Gasteiger partial charge < -0.3 is 0 Å². The standard InChI is InChI=1S/C11H12BrN2S.ClHO4/c1-7-3-8(2)14-9(4-12)6-15-11(14)10(7)5-13;2-1(3,4)5/h3,9H,4,6H2,1-2H3;(H,2,3,4,5)/q+1;/p-1. The van der Waals surface area contributed by atoms with Gasteiger partial charge in [-0.25, -0.2) is 18.6 Å². The van der Waals surface area contributed by atoms with Crippen molar-refractivity contribution in [2.24, 2.45) is 0 Å². The molecule has 0 aromatic carbocycles. The Morgan fingerprint density at radius 2 is 2.00 bits per heavy atom. The summed E-state index contributed by atoms with van der Waals surface area (Å²) in [5.74, 6) is 1.06. The van der Waals surface area contributed by atoms with Crippen LogP contribution in [0.2, 0.25) is 0 Å². The molecule has 1 aliphatic heterocycles. The predicted molar refractivity (Wildman–Crippen MR) is 64.4 cm³/mol. The molecular weight excluding hydrogens is 372 g/mol. The van der Waals surface area contributed by atoms with Gasteiger partial charge in [-0.05, 0) is 24.2 Å². The molecule has 0 bridgehead atoms. The number of nitrogens with zero attached hydrogens (tertiary/aromatic N) is 2. The van der Waals surface area contributed by atoms with Crippen LogP contribution in [-0.2, 0) is 0 Å². The molecule has 0 fully saturated rings. The molecule has 0 spiro atoms. The van der Waals surface area contributed by atoms with Crippen LogP contribution in [0.4, 0.5) is 0 Å². The number of pyridine rings is 1. The van der Waals surface area contributed by atoms with Crippen molar-refractivity contribution in [2.75, 3.05) is 11.1 Å². The molecule has 0 aliphatic carbocycles. The second-order valence-corrected chi connectivity index (χ2v) is 6.54. The number of aryl methyl sites for hydroxylation is 2. The van der Waals surface area contributed by atoms with Gasteiger partial charge in [0.2, 0.25) is 0 Å². The zero-order valence-electron chi connectivity index (χ0n) is 10.8. The molecule has 0 amide bonds. The van der Waals surface area contributed by atoms with Gasteiger partial charge in [0.15, 0.2) is 11.7 Å². The van der Waals surface area contributed by atoms with E-state index in [4.69, 9.17) is 23.9 Å². The van der Waals surface area contributed by atoms with Crippen LogP contribution < -0.4 is 23.2 Å². The van der Waals surface area contributed by atoms with Crippen molar-refractivity contribution in [1.82, 2.24) is 0 Å². The first-order valence-electron chi connectivity index (χ1n) is 5.45. The van der Waals surface area contributed by atoms with Crippen molar-refractivity contribution in [3.63, 3.8) is 0 Å². The van der Waals surface area contributed by atoms with Gasteiger partial charge in [-0.1, -0.05) is 15.9 Å². The molecule has 2 rings (SSSR count). The summed E-state index contributed by atoms with van der Waals surface area (Å²) in [6, 6.07) is 4.90. The van der Waals surface area contributed by atoms with E-state index in [1.54, 1.807) is 11.8 Å². The number of hydrogen-bond donors (Lipinski definition) is 0. The van der Waals surface area contributed by atoms with Crippen molar-refractivity contribution in [3.05, 3.63) is 22.9 Å². The monoisotopic (exact) mass is 382 g/mol. The smallest absolute Gasteiger partial charge is 0.222 e. The Morgan fingerprint density at radius 1 is 1.45 bits per heavy atom. The number of thioether (sulfide) groups is 1. The molecule has 0 saturated heterocycles. The Bertz CT molecular complexity index is 539. The molecule has 1 aromatic heterocycles. The van der Waals surface area contributed by atoms with Crippen LogP contribution in [0.3, 0.4) is 0 Å². The molecule has 110 valence electrons. The molecular formula is C11H12BrClN2O4S. The quantitative estimate of drug-likeness (QED) is 0.399. The van der Waals surface area contributed by atoms with Gasteiger partial charge in [-0.2, -0.15) is 9.83 Å². The average molecular weight is 384 g/mol. The fraction of sp³-hybridized carbons (Fsp3) is 0.455. The molecule has 20 heavy (non-hydrogen) atoms. The maximum Gasteiger partial charge on any atom is 0.259 e. The zero-order chi connectivity index (χ0) is 15.5. The highest BCUT2D eigenvalue weighted by Gasteiger charge is 2.35. The SMILES string of the molecule is Cc1cc(C)[n+]2c(c1C#N)SCC2CBr.[O-][Cl+3]([O-])([O-])[O-]. The van der Waals surface area contributed by atoms with E-state index < -0.39 is 10.2 Å². The van der Waals surface area contributed by atoms with Crippen molar-refractivity contribution in [2.45, 2.75) is 24.9 Å². The van der Waals surface area contributed by atoms with Crippen LogP contribution in [0.5, 0.6) is 0 Å². The summed E-state index contributed by atoms with van der Waals surface area (Å²) in [4.78, 5) is 0. The van der Waals surface area contributed by atoms with Gasteiger partial charge in [0.05, 0.1) is 11.1 Å². The summed E-state index contributed by atoms with van der Waals surface area (Å²) in [6.07, 6.45) is 0. The molecule has 2 heterocycles. The highest BCUT2D eigenvalue weighted by molar-refractivity contribution is 9.09. The maximum absolute atomic E-state index is 9.14. The van der Waals surface area contributed by atoms with Crippen LogP contribution in [0, 0.1) is 35.4 Å². The lowest BCUT2D eigenvalue weighted by Gasteiger charge is -2.17. The van der Waals surface area contributed by atoms with E-state index in [2.05, 4.69) is 39.6 Å². The highest BCUT2D eigenvalue weighted by atomic mass is 79.9. The Hall–Kier alpha value is -0.400. The minimum atomic E-state index is -4.94. The number of fused-ring (bicyclic) bond motifs is 1. The second-order valence-electron chi connectivity index (χ2n) is 4.13. The van der Waals surface area contributed by atoms with Crippen LogP contribution in [0.1, 0.15) is 22.9 Å². The fourth-order valence-electron chi connectivity index (χ4n) is 2.00. The highest BCUT2D eigenvalue weighted by Crippen LogP contribution is 2.31.